The summed E-state index contributed by atoms with van der Waals surface area (Å²) in [5, 5.41) is 24.8. The number of nitro benzene ring substituents is 2. The quantitative estimate of drug-likeness (QED) is 0.653. The molecule has 0 heterocycles. The number of carbonyl (C=O) groups excluding carboxylic acids is 1. The van der Waals surface area contributed by atoms with Crippen molar-refractivity contribution in [3.8, 4) is 0 Å². The third-order valence-corrected chi connectivity index (χ3v) is 3.69. The second-order valence-corrected chi connectivity index (χ2v) is 5.42. The molecule has 0 aliphatic heterocycles. The summed E-state index contributed by atoms with van der Waals surface area (Å²) in [6.45, 7) is 1.81. The molecule has 0 aliphatic rings. The summed E-state index contributed by atoms with van der Waals surface area (Å²) in [5.74, 6) is -0.494. The van der Waals surface area contributed by atoms with Crippen LogP contribution in [0.5, 0.6) is 0 Å². The molecule has 9 heteroatoms. The minimum atomic E-state index is -0.752. The number of nitro groups is 2. The van der Waals surface area contributed by atoms with Crippen LogP contribution in [0.1, 0.15) is 11.1 Å². The molecule has 0 atom stereocenters. The van der Waals surface area contributed by atoms with E-state index in [0.29, 0.717) is 10.7 Å². The lowest BCUT2D eigenvalue weighted by Crippen LogP contribution is -2.15. The van der Waals surface area contributed by atoms with Gasteiger partial charge in [0.25, 0.3) is 11.4 Å². The molecule has 0 radical (unpaired) electrons. The van der Waals surface area contributed by atoms with Crippen LogP contribution in [0, 0.1) is 27.2 Å². The molecule has 0 saturated carbocycles. The van der Waals surface area contributed by atoms with Gasteiger partial charge in [-0.1, -0.05) is 17.7 Å². The van der Waals surface area contributed by atoms with Crippen molar-refractivity contribution in [2.45, 2.75) is 13.3 Å². The highest BCUT2D eigenvalue weighted by atomic mass is 35.5. The number of aryl methyl sites for hydroxylation is 1. The number of hydrogen-bond acceptors (Lipinski definition) is 5. The topological polar surface area (TPSA) is 115 Å². The predicted molar refractivity (Wildman–Crippen MR) is 88.3 cm³/mol. The maximum Gasteiger partial charge on any atom is 0.279 e. The van der Waals surface area contributed by atoms with Crippen molar-refractivity contribution in [3.63, 3.8) is 0 Å². The molecule has 0 spiro atoms. The van der Waals surface area contributed by atoms with Gasteiger partial charge in [0, 0.05) is 22.3 Å². The van der Waals surface area contributed by atoms with Crippen molar-refractivity contribution in [1.82, 2.24) is 0 Å². The van der Waals surface area contributed by atoms with Gasteiger partial charge in [0.2, 0.25) is 5.91 Å². The third-order valence-electron chi connectivity index (χ3n) is 3.28. The molecule has 2 rings (SSSR count). The maximum atomic E-state index is 12.1. The van der Waals surface area contributed by atoms with Gasteiger partial charge in [-0.3, -0.25) is 25.0 Å². The fourth-order valence-electron chi connectivity index (χ4n) is 2.03. The summed E-state index contributed by atoms with van der Waals surface area (Å²) in [4.78, 5) is 32.3. The Morgan fingerprint density at radius 3 is 2.42 bits per heavy atom. The average molecular weight is 350 g/mol. The lowest BCUT2D eigenvalue weighted by Gasteiger charge is -2.07. The lowest BCUT2D eigenvalue weighted by molar-refractivity contribution is -0.394. The van der Waals surface area contributed by atoms with Crippen molar-refractivity contribution in [2.75, 3.05) is 5.32 Å². The molecule has 124 valence electrons. The number of amides is 1. The van der Waals surface area contributed by atoms with E-state index in [1.807, 2.05) is 6.92 Å². The second kappa shape index (κ2) is 7.05. The van der Waals surface area contributed by atoms with Crippen LogP contribution in [0.25, 0.3) is 0 Å². The Bertz CT molecular complexity index is 838. The fourth-order valence-corrected chi connectivity index (χ4v) is 2.21. The molecule has 8 nitrogen and oxygen atoms in total. The molecule has 0 saturated heterocycles. The maximum absolute atomic E-state index is 12.1. The summed E-state index contributed by atoms with van der Waals surface area (Å²) < 4.78 is 0. The van der Waals surface area contributed by atoms with Crippen LogP contribution in [0.3, 0.4) is 0 Å². The van der Waals surface area contributed by atoms with Gasteiger partial charge >= 0.3 is 0 Å². The molecule has 0 bridgehead atoms. The zero-order valence-electron chi connectivity index (χ0n) is 12.5. The fraction of sp³-hybridized carbons (Fsp3) is 0.133. The van der Waals surface area contributed by atoms with E-state index in [4.69, 9.17) is 11.6 Å². The van der Waals surface area contributed by atoms with E-state index in [1.165, 1.54) is 6.07 Å². The minimum Gasteiger partial charge on any atom is -0.326 e. The van der Waals surface area contributed by atoms with Crippen LogP contribution >= 0.6 is 11.6 Å². The van der Waals surface area contributed by atoms with Crippen LogP contribution in [-0.4, -0.2) is 15.8 Å². The molecule has 2 aromatic rings. The van der Waals surface area contributed by atoms with Gasteiger partial charge in [0.15, 0.2) is 0 Å². The van der Waals surface area contributed by atoms with E-state index >= 15 is 0 Å². The second-order valence-electron chi connectivity index (χ2n) is 5.02. The van der Waals surface area contributed by atoms with E-state index < -0.39 is 27.1 Å². The summed E-state index contributed by atoms with van der Waals surface area (Å²) in [6.07, 6.45) is -0.292. The van der Waals surface area contributed by atoms with Gasteiger partial charge in [-0.2, -0.15) is 0 Å². The Labute approximate surface area is 141 Å². The molecule has 2 aromatic carbocycles. The SMILES string of the molecule is Cc1ccc(NC(=O)Cc2ccc([N+](=O)[O-])cc2[N+](=O)[O-])cc1Cl. The first-order valence-corrected chi connectivity index (χ1v) is 7.13. The van der Waals surface area contributed by atoms with Gasteiger partial charge < -0.3 is 5.32 Å². The lowest BCUT2D eigenvalue weighted by atomic mass is 10.1. The van der Waals surface area contributed by atoms with Crippen LogP contribution in [-0.2, 0) is 11.2 Å². The number of carbonyl (C=O) groups is 1. The van der Waals surface area contributed by atoms with Crippen molar-refractivity contribution < 1.29 is 14.6 Å². The largest absolute Gasteiger partial charge is 0.326 e. The van der Waals surface area contributed by atoms with Crippen LogP contribution < -0.4 is 5.32 Å². The number of benzene rings is 2. The number of non-ortho nitro benzene ring substituents is 1. The van der Waals surface area contributed by atoms with Crippen LogP contribution in [0.4, 0.5) is 17.1 Å². The molecule has 0 aromatic heterocycles. The predicted octanol–water partition coefficient (Wildman–Crippen LogP) is 3.65. The molecular formula is C15H12ClN3O5. The average Bonchev–Trinajstić information content (AvgIpc) is 2.50. The van der Waals surface area contributed by atoms with Crippen molar-refractivity contribution in [2.24, 2.45) is 0 Å². The highest BCUT2D eigenvalue weighted by molar-refractivity contribution is 6.31. The third kappa shape index (κ3) is 4.05. The highest BCUT2D eigenvalue weighted by Crippen LogP contribution is 2.26. The summed E-state index contributed by atoms with van der Waals surface area (Å²) >= 11 is 5.97. The Balaban J connectivity index is 2.20. The number of nitrogens with zero attached hydrogens (tertiary/aromatic N) is 2. The monoisotopic (exact) mass is 349 g/mol. The summed E-state index contributed by atoms with van der Waals surface area (Å²) in [5.41, 5.74) is 0.514. The van der Waals surface area contributed by atoms with E-state index in [-0.39, 0.29) is 12.0 Å². The minimum absolute atomic E-state index is 0.0845. The first kappa shape index (κ1) is 17.4. The number of hydrogen-bond donors (Lipinski definition) is 1. The Kier molecular flexibility index (Phi) is 5.10. The Morgan fingerprint density at radius 1 is 1.12 bits per heavy atom. The van der Waals surface area contributed by atoms with E-state index in [1.54, 1.807) is 18.2 Å². The van der Waals surface area contributed by atoms with Crippen molar-refractivity contribution >= 4 is 34.6 Å². The van der Waals surface area contributed by atoms with Gasteiger partial charge in [0.05, 0.1) is 22.3 Å². The van der Waals surface area contributed by atoms with Gasteiger partial charge in [0.1, 0.15) is 0 Å². The highest BCUT2D eigenvalue weighted by Gasteiger charge is 2.21. The molecule has 0 fully saturated rings. The molecule has 24 heavy (non-hydrogen) atoms. The summed E-state index contributed by atoms with van der Waals surface area (Å²) in [7, 11) is 0. The van der Waals surface area contributed by atoms with Crippen LogP contribution in [0.2, 0.25) is 5.02 Å². The molecule has 1 N–H and O–H groups in total. The smallest absolute Gasteiger partial charge is 0.279 e. The first-order chi connectivity index (χ1) is 11.3. The molecular weight excluding hydrogens is 338 g/mol. The number of halogens is 1. The number of nitrogens with one attached hydrogen (secondary N) is 1. The molecule has 0 unspecified atom stereocenters. The summed E-state index contributed by atoms with van der Waals surface area (Å²) in [6, 6.07) is 8.12. The van der Waals surface area contributed by atoms with E-state index in [9.17, 15) is 25.0 Å². The standard InChI is InChI=1S/C15H12ClN3O5/c1-9-2-4-11(7-13(9)16)17-15(20)6-10-3-5-12(18(21)22)8-14(10)19(23)24/h2-5,7-8H,6H2,1H3,(H,17,20). The van der Waals surface area contributed by atoms with E-state index in [2.05, 4.69) is 5.32 Å². The Morgan fingerprint density at radius 2 is 1.83 bits per heavy atom. The normalized spacial score (nSPS) is 10.2. The zero-order chi connectivity index (χ0) is 17.9. The molecule has 0 aliphatic carbocycles. The van der Waals surface area contributed by atoms with Gasteiger partial charge in [-0.25, -0.2) is 0 Å². The Hall–Kier alpha value is -3.00. The van der Waals surface area contributed by atoms with Gasteiger partial charge in [-0.15, -0.1) is 0 Å². The van der Waals surface area contributed by atoms with Crippen molar-refractivity contribution in [3.05, 3.63) is 72.8 Å². The number of anilines is 1. The van der Waals surface area contributed by atoms with Crippen molar-refractivity contribution in [1.29, 1.82) is 0 Å². The van der Waals surface area contributed by atoms with Crippen LogP contribution in [0.15, 0.2) is 36.4 Å². The van der Waals surface area contributed by atoms with Gasteiger partial charge in [-0.05, 0) is 30.7 Å². The zero-order valence-corrected chi connectivity index (χ0v) is 13.2. The number of rotatable bonds is 5. The van der Waals surface area contributed by atoms with E-state index in [0.717, 1.165) is 17.7 Å². The first-order valence-electron chi connectivity index (χ1n) is 6.75. The molecule has 1 amide bonds.